The molecule has 3 rings (SSSR count). The molecule has 0 bridgehead atoms. The van der Waals surface area contributed by atoms with Gasteiger partial charge >= 0.3 is 5.97 Å². The Labute approximate surface area is 209 Å². The van der Waals surface area contributed by atoms with E-state index < -0.39 is 0 Å². The maximum Gasteiger partial charge on any atom is 0.308 e. The van der Waals surface area contributed by atoms with E-state index in [-0.39, 0.29) is 42.9 Å². The summed E-state index contributed by atoms with van der Waals surface area (Å²) < 4.78 is 11.1. The lowest BCUT2D eigenvalue weighted by atomic mass is 9.87. The molecule has 2 amide bonds. The van der Waals surface area contributed by atoms with Gasteiger partial charge in [-0.15, -0.1) is 0 Å². The summed E-state index contributed by atoms with van der Waals surface area (Å²) in [4.78, 5) is 36.4. The van der Waals surface area contributed by atoms with Crippen molar-refractivity contribution in [2.45, 2.75) is 38.7 Å². The van der Waals surface area contributed by atoms with Crippen LogP contribution >= 0.6 is 23.2 Å². The fourth-order valence-electron chi connectivity index (χ4n) is 3.75. The maximum absolute atomic E-state index is 12.4. The Morgan fingerprint density at radius 1 is 0.882 bits per heavy atom. The summed E-state index contributed by atoms with van der Waals surface area (Å²) in [6.07, 6.45) is 2.88. The van der Waals surface area contributed by atoms with Crippen molar-refractivity contribution in [3.05, 3.63) is 63.6 Å². The molecule has 1 saturated carbocycles. The van der Waals surface area contributed by atoms with Gasteiger partial charge in [0.05, 0.1) is 23.7 Å². The normalized spacial score (nSPS) is 17.5. The van der Waals surface area contributed by atoms with Crippen LogP contribution < -0.4 is 15.4 Å². The molecule has 1 fully saturated rings. The quantitative estimate of drug-likeness (QED) is 0.381. The van der Waals surface area contributed by atoms with E-state index in [9.17, 15) is 14.4 Å². The van der Waals surface area contributed by atoms with Crippen LogP contribution in [-0.4, -0.2) is 43.6 Å². The van der Waals surface area contributed by atoms with Crippen LogP contribution in [0.15, 0.2) is 42.5 Å². The van der Waals surface area contributed by atoms with E-state index in [0.717, 1.165) is 25.7 Å². The van der Waals surface area contributed by atoms with Crippen LogP contribution in [0.4, 0.5) is 0 Å². The van der Waals surface area contributed by atoms with Gasteiger partial charge in [0, 0.05) is 29.2 Å². The molecule has 0 radical (unpaired) electrons. The molecule has 2 aromatic carbocycles. The Morgan fingerprint density at radius 2 is 1.47 bits per heavy atom. The van der Waals surface area contributed by atoms with Gasteiger partial charge in [-0.25, -0.2) is 0 Å². The summed E-state index contributed by atoms with van der Waals surface area (Å²) in [6, 6.07) is 11.4. The molecule has 0 unspecified atom stereocenters. The molecule has 182 valence electrons. The van der Waals surface area contributed by atoms with Crippen LogP contribution in [0.5, 0.6) is 5.75 Å². The predicted octanol–water partition coefficient (Wildman–Crippen LogP) is 4.65. The Bertz CT molecular complexity index is 1000. The molecule has 0 spiro atoms. The number of hydrogen-bond donors (Lipinski definition) is 2. The van der Waals surface area contributed by atoms with E-state index in [4.69, 9.17) is 32.7 Å². The van der Waals surface area contributed by atoms with Crippen LogP contribution in [0.2, 0.25) is 10.0 Å². The first-order valence-electron chi connectivity index (χ1n) is 11.3. The molecule has 2 N–H and O–H groups in total. The predicted molar refractivity (Wildman–Crippen MR) is 131 cm³/mol. The number of halogens is 2. The Balaban J connectivity index is 1.42. The summed E-state index contributed by atoms with van der Waals surface area (Å²) in [6.45, 7) is 2.73. The number of ether oxygens (including phenoxy) is 2. The van der Waals surface area contributed by atoms with Gasteiger partial charge in [0.15, 0.2) is 0 Å². The van der Waals surface area contributed by atoms with Crippen molar-refractivity contribution in [2.24, 2.45) is 5.92 Å². The number of nitrogens with one attached hydrogen (secondary N) is 2. The third kappa shape index (κ3) is 7.37. The standard InChI is InChI=1S/C25H28Cl2N2O5/c1-2-33-25(32)17-5-10-20(11-6-17)34-22-12-7-18(15-21(22)27)24(31)29-14-13-28-23(30)16-3-8-19(26)9-4-16/h3-4,7-9,12,15,17,20H,2,5-6,10-11,13-14H2,1H3,(H,28,30)(H,29,31)/t17-,20+. The first-order valence-corrected chi connectivity index (χ1v) is 12.1. The van der Waals surface area contributed by atoms with Crippen LogP contribution in [0, 0.1) is 5.92 Å². The monoisotopic (exact) mass is 506 g/mol. The van der Waals surface area contributed by atoms with E-state index in [1.807, 2.05) is 0 Å². The van der Waals surface area contributed by atoms with Crippen LogP contribution in [0.25, 0.3) is 0 Å². The van der Waals surface area contributed by atoms with Crippen LogP contribution in [0.1, 0.15) is 53.3 Å². The summed E-state index contributed by atoms with van der Waals surface area (Å²) in [5.74, 6) is -0.250. The van der Waals surface area contributed by atoms with Crippen molar-refractivity contribution in [2.75, 3.05) is 19.7 Å². The topological polar surface area (TPSA) is 93.7 Å². The zero-order chi connectivity index (χ0) is 24.5. The van der Waals surface area contributed by atoms with Crippen molar-refractivity contribution in [3.8, 4) is 5.75 Å². The SMILES string of the molecule is CCOC(=O)[C@H]1CC[C@@H](Oc2ccc(C(=O)NCCNC(=O)c3ccc(Cl)cc3)cc2Cl)CC1. The average Bonchev–Trinajstić information content (AvgIpc) is 2.84. The summed E-state index contributed by atoms with van der Waals surface area (Å²) in [7, 11) is 0. The summed E-state index contributed by atoms with van der Waals surface area (Å²) in [5.41, 5.74) is 0.889. The van der Waals surface area contributed by atoms with Gasteiger partial charge in [-0.05, 0) is 75.1 Å². The number of carbonyl (C=O) groups excluding carboxylic acids is 3. The Kier molecular flexibility index (Phi) is 9.60. The van der Waals surface area contributed by atoms with Gasteiger partial charge in [-0.2, -0.15) is 0 Å². The highest BCUT2D eigenvalue weighted by molar-refractivity contribution is 6.32. The van der Waals surface area contributed by atoms with Crippen molar-refractivity contribution in [1.29, 1.82) is 0 Å². The number of carbonyl (C=O) groups is 3. The smallest absolute Gasteiger partial charge is 0.308 e. The second kappa shape index (κ2) is 12.6. The molecule has 0 aliphatic heterocycles. The van der Waals surface area contributed by atoms with Crippen molar-refractivity contribution < 1.29 is 23.9 Å². The lowest BCUT2D eigenvalue weighted by Gasteiger charge is -2.28. The summed E-state index contributed by atoms with van der Waals surface area (Å²) in [5, 5.41) is 6.39. The molecular formula is C25H28Cl2N2O5. The Morgan fingerprint density at radius 3 is 2.06 bits per heavy atom. The molecular weight excluding hydrogens is 479 g/mol. The highest BCUT2D eigenvalue weighted by atomic mass is 35.5. The van der Waals surface area contributed by atoms with E-state index in [0.29, 0.717) is 33.5 Å². The molecule has 0 heterocycles. The van der Waals surface area contributed by atoms with E-state index in [1.165, 1.54) is 0 Å². The number of hydrogen-bond acceptors (Lipinski definition) is 5. The first kappa shape index (κ1) is 25.8. The van der Waals surface area contributed by atoms with Gasteiger partial charge in [0.2, 0.25) is 0 Å². The minimum absolute atomic E-state index is 0.0351. The second-order valence-electron chi connectivity index (χ2n) is 8.01. The van der Waals surface area contributed by atoms with Gasteiger partial charge < -0.3 is 20.1 Å². The average molecular weight is 507 g/mol. The highest BCUT2D eigenvalue weighted by Gasteiger charge is 2.28. The zero-order valence-corrected chi connectivity index (χ0v) is 20.5. The van der Waals surface area contributed by atoms with Crippen molar-refractivity contribution in [1.82, 2.24) is 10.6 Å². The van der Waals surface area contributed by atoms with Gasteiger partial charge in [0.1, 0.15) is 5.75 Å². The van der Waals surface area contributed by atoms with E-state index >= 15 is 0 Å². The third-order valence-electron chi connectivity index (χ3n) is 5.58. The third-order valence-corrected chi connectivity index (χ3v) is 6.13. The van der Waals surface area contributed by atoms with Crippen LogP contribution in [-0.2, 0) is 9.53 Å². The molecule has 0 aromatic heterocycles. The van der Waals surface area contributed by atoms with Crippen LogP contribution in [0.3, 0.4) is 0 Å². The van der Waals surface area contributed by atoms with Gasteiger partial charge in [-0.3, -0.25) is 14.4 Å². The lowest BCUT2D eigenvalue weighted by Crippen LogP contribution is -2.34. The fraction of sp³-hybridized carbons (Fsp3) is 0.400. The minimum atomic E-state index is -0.302. The zero-order valence-electron chi connectivity index (χ0n) is 18.9. The molecule has 34 heavy (non-hydrogen) atoms. The van der Waals surface area contributed by atoms with Crippen molar-refractivity contribution >= 4 is 41.0 Å². The number of rotatable bonds is 9. The molecule has 9 heteroatoms. The molecule has 2 aromatic rings. The Hall–Kier alpha value is -2.77. The number of esters is 1. The largest absolute Gasteiger partial charge is 0.489 e. The lowest BCUT2D eigenvalue weighted by molar-refractivity contribution is -0.149. The number of amides is 2. The highest BCUT2D eigenvalue weighted by Crippen LogP contribution is 2.32. The first-order chi connectivity index (χ1) is 16.4. The fourth-order valence-corrected chi connectivity index (χ4v) is 4.10. The van der Waals surface area contributed by atoms with E-state index in [1.54, 1.807) is 49.4 Å². The molecule has 1 aliphatic carbocycles. The molecule has 1 aliphatic rings. The van der Waals surface area contributed by atoms with E-state index in [2.05, 4.69) is 10.6 Å². The maximum atomic E-state index is 12.4. The van der Waals surface area contributed by atoms with Crippen molar-refractivity contribution in [3.63, 3.8) is 0 Å². The minimum Gasteiger partial charge on any atom is -0.489 e. The molecule has 0 atom stereocenters. The second-order valence-corrected chi connectivity index (χ2v) is 8.85. The molecule has 7 nitrogen and oxygen atoms in total. The molecule has 0 saturated heterocycles. The van der Waals surface area contributed by atoms with Gasteiger partial charge in [0.25, 0.3) is 11.8 Å². The number of benzene rings is 2. The summed E-state index contributed by atoms with van der Waals surface area (Å²) >= 11 is 12.2. The van der Waals surface area contributed by atoms with Gasteiger partial charge in [-0.1, -0.05) is 23.2 Å².